The van der Waals surface area contributed by atoms with Crippen molar-refractivity contribution in [2.75, 3.05) is 0 Å². The second-order valence-corrected chi connectivity index (χ2v) is 4.80. The van der Waals surface area contributed by atoms with Crippen LogP contribution in [0.1, 0.15) is 5.56 Å². The molecule has 20 heavy (non-hydrogen) atoms. The van der Waals surface area contributed by atoms with Gasteiger partial charge >= 0.3 is 0 Å². The first kappa shape index (κ1) is 11.4. The van der Waals surface area contributed by atoms with Gasteiger partial charge in [-0.25, -0.2) is 4.98 Å². The summed E-state index contributed by atoms with van der Waals surface area (Å²) in [6, 6.07) is 10.1. The molecular formula is C13H9ClN6. The molecule has 4 aromatic rings. The average molecular weight is 285 g/mol. The van der Waals surface area contributed by atoms with E-state index in [4.69, 9.17) is 11.6 Å². The molecule has 0 N–H and O–H groups in total. The zero-order valence-electron chi connectivity index (χ0n) is 10.3. The summed E-state index contributed by atoms with van der Waals surface area (Å²) >= 11 is 6.26. The van der Waals surface area contributed by atoms with Crippen LogP contribution in [0.3, 0.4) is 0 Å². The number of imidazole rings is 1. The highest BCUT2D eigenvalue weighted by atomic mass is 35.5. The average Bonchev–Trinajstić information content (AvgIpc) is 3.07. The standard InChI is InChI=1S/C13H9ClN6/c14-12-11-10(13-17-16-8-20(13)18-12)15-7-19(11)6-9-4-2-1-3-5-9/h1-5,7-8H,6H2. The molecule has 6 nitrogen and oxygen atoms in total. The summed E-state index contributed by atoms with van der Waals surface area (Å²) in [6.07, 6.45) is 3.26. The fourth-order valence-corrected chi connectivity index (χ4v) is 2.54. The number of rotatable bonds is 2. The minimum Gasteiger partial charge on any atom is -0.323 e. The van der Waals surface area contributed by atoms with Gasteiger partial charge in [0.1, 0.15) is 17.4 Å². The molecular weight excluding hydrogens is 276 g/mol. The first-order valence-electron chi connectivity index (χ1n) is 6.07. The molecule has 3 heterocycles. The van der Waals surface area contributed by atoms with E-state index in [9.17, 15) is 0 Å². The van der Waals surface area contributed by atoms with Gasteiger partial charge < -0.3 is 4.57 Å². The highest BCUT2D eigenvalue weighted by Crippen LogP contribution is 2.23. The van der Waals surface area contributed by atoms with Crippen molar-refractivity contribution in [1.29, 1.82) is 0 Å². The van der Waals surface area contributed by atoms with E-state index in [0.717, 1.165) is 5.52 Å². The lowest BCUT2D eigenvalue weighted by Crippen LogP contribution is -2.00. The van der Waals surface area contributed by atoms with Gasteiger partial charge in [-0.15, -0.1) is 10.2 Å². The van der Waals surface area contributed by atoms with Crippen molar-refractivity contribution in [3.63, 3.8) is 0 Å². The number of fused-ring (bicyclic) bond motifs is 3. The van der Waals surface area contributed by atoms with E-state index < -0.39 is 0 Å². The van der Waals surface area contributed by atoms with Gasteiger partial charge in [-0.05, 0) is 5.56 Å². The Hall–Kier alpha value is -2.47. The molecule has 0 aliphatic rings. The maximum absolute atomic E-state index is 6.26. The molecule has 0 aliphatic carbocycles. The zero-order chi connectivity index (χ0) is 13.5. The van der Waals surface area contributed by atoms with Crippen molar-refractivity contribution in [3.8, 4) is 0 Å². The van der Waals surface area contributed by atoms with E-state index in [-0.39, 0.29) is 0 Å². The molecule has 0 radical (unpaired) electrons. The molecule has 0 atom stereocenters. The highest BCUT2D eigenvalue weighted by molar-refractivity contribution is 6.34. The Balaban J connectivity index is 1.92. The van der Waals surface area contributed by atoms with Crippen LogP contribution in [0, 0.1) is 0 Å². The maximum Gasteiger partial charge on any atom is 0.205 e. The Morgan fingerprint density at radius 1 is 1.10 bits per heavy atom. The molecule has 98 valence electrons. The third-order valence-electron chi connectivity index (χ3n) is 3.17. The predicted octanol–water partition coefficient (Wildman–Crippen LogP) is 2.18. The van der Waals surface area contributed by atoms with Crippen molar-refractivity contribution in [1.82, 2.24) is 29.4 Å². The number of halogens is 1. The van der Waals surface area contributed by atoms with Crippen molar-refractivity contribution < 1.29 is 0 Å². The van der Waals surface area contributed by atoms with Crippen LogP contribution in [0.2, 0.25) is 5.15 Å². The number of benzene rings is 1. The van der Waals surface area contributed by atoms with Crippen molar-refractivity contribution >= 4 is 28.3 Å². The van der Waals surface area contributed by atoms with Gasteiger partial charge in [0.05, 0.1) is 6.33 Å². The second-order valence-electron chi connectivity index (χ2n) is 4.45. The molecule has 1 aromatic carbocycles. The summed E-state index contributed by atoms with van der Waals surface area (Å²) in [5.41, 5.74) is 3.26. The van der Waals surface area contributed by atoms with Crippen LogP contribution in [0.25, 0.3) is 16.7 Å². The van der Waals surface area contributed by atoms with Gasteiger partial charge in [-0.3, -0.25) is 0 Å². The molecule has 4 rings (SSSR count). The normalized spacial score (nSPS) is 11.4. The number of hydrogen-bond donors (Lipinski definition) is 0. The Labute approximate surface area is 118 Å². The lowest BCUT2D eigenvalue weighted by atomic mass is 10.2. The van der Waals surface area contributed by atoms with Crippen LogP contribution in [-0.4, -0.2) is 29.4 Å². The van der Waals surface area contributed by atoms with E-state index in [0.29, 0.717) is 22.9 Å². The number of nitrogens with zero attached hydrogens (tertiary/aromatic N) is 6. The minimum absolute atomic E-state index is 0.390. The molecule has 0 unspecified atom stereocenters. The van der Waals surface area contributed by atoms with Crippen LogP contribution in [0.5, 0.6) is 0 Å². The van der Waals surface area contributed by atoms with E-state index in [2.05, 4.69) is 32.4 Å². The monoisotopic (exact) mass is 284 g/mol. The van der Waals surface area contributed by atoms with E-state index in [1.54, 1.807) is 6.33 Å². The summed E-state index contributed by atoms with van der Waals surface area (Å²) < 4.78 is 3.50. The third-order valence-corrected chi connectivity index (χ3v) is 3.42. The topological polar surface area (TPSA) is 60.9 Å². The van der Waals surface area contributed by atoms with Crippen LogP contribution >= 0.6 is 11.6 Å². The molecule has 0 bridgehead atoms. The van der Waals surface area contributed by atoms with E-state index >= 15 is 0 Å². The van der Waals surface area contributed by atoms with Gasteiger partial charge in [0, 0.05) is 6.54 Å². The fraction of sp³-hybridized carbons (Fsp3) is 0.0769. The summed E-state index contributed by atoms with van der Waals surface area (Å²) in [7, 11) is 0. The van der Waals surface area contributed by atoms with Gasteiger partial charge in [0.15, 0.2) is 5.15 Å². The van der Waals surface area contributed by atoms with Gasteiger partial charge in [-0.1, -0.05) is 41.9 Å². The van der Waals surface area contributed by atoms with Crippen molar-refractivity contribution in [2.45, 2.75) is 6.54 Å². The largest absolute Gasteiger partial charge is 0.323 e. The quantitative estimate of drug-likeness (QED) is 0.566. The fourth-order valence-electron chi connectivity index (χ4n) is 2.26. The molecule has 0 spiro atoms. The summed E-state index contributed by atoms with van der Waals surface area (Å²) in [4.78, 5) is 4.39. The van der Waals surface area contributed by atoms with Crippen LogP contribution < -0.4 is 0 Å². The minimum atomic E-state index is 0.390. The SMILES string of the molecule is Clc1nn2cnnc2c2ncn(Cc3ccccc3)c12. The van der Waals surface area contributed by atoms with Crippen LogP contribution in [0.4, 0.5) is 0 Å². The summed E-state index contributed by atoms with van der Waals surface area (Å²) in [5, 5.41) is 12.5. The lowest BCUT2D eigenvalue weighted by molar-refractivity contribution is 0.819. The van der Waals surface area contributed by atoms with E-state index in [1.165, 1.54) is 16.4 Å². The highest BCUT2D eigenvalue weighted by Gasteiger charge is 2.14. The molecule has 0 fully saturated rings. The van der Waals surface area contributed by atoms with Crippen LogP contribution in [-0.2, 0) is 6.54 Å². The molecule has 0 saturated carbocycles. The Morgan fingerprint density at radius 3 is 2.80 bits per heavy atom. The van der Waals surface area contributed by atoms with E-state index in [1.807, 2.05) is 22.8 Å². The summed E-state index contributed by atoms with van der Waals surface area (Å²) in [6.45, 7) is 0.684. The molecule has 0 aliphatic heterocycles. The number of aromatic nitrogens is 6. The van der Waals surface area contributed by atoms with Gasteiger partial charge in [0.2, 0.25) is 5.65 Å². The molecule has 3 aromatic heterocycles. The number of hydrogen-bond acceptors (Lipinski definition) is 4. The third kappa shape index (κ3) is 1.65. The lowest BCUT2D eigenvalue weighted by Gasteiger charge is -2.05. The predicted molar refractivity (Wildman–Crippen MR) is 74.6 cm³/mol. The maximum atomic E-state index is 6.26. The smallest absolute Gasteiger partial charge is 0.205 e. The zero-order valence-corrected chi connectivity index (χ0v) is 11.1. The van der Waals surface area contributed by atoms with Gasteiger partial charge in [0.25, 0.3) is 0 Å². The first-order valence-corrected chi connectivity index (χ1v) is 6.45. The summed E-state index contributed by atoms with van der Waals surface area (Å²) in [5.74, 6) is 0. The molecule has 7 heteroatoms. The first-order chi connectivity index (χ1) is 9.83. The Bertz CT molecular complexity index is 895. The Morgan fingerprint density at radius 2 is 1.95 bits per heavy atom. The molecule has 0 saturated heterocycles. The van der Waals surface area contributed by atoms with Crippen molar-refractivity contribution in [3.05, 3.63) is 53.7 Å². The van der Waals surface area contributed by atoms with Crippen molar-refractivity contribution in [2.24, 2.45) is 0 Å². The van der Waals surface area contributed by atoms with Crippen LogP contribution in [0.15, 0.2) is 43.0 Å². The van der Waals surface area contributed by atoms with Gasteiger partial charge in [-0.2, -0.15) is 9.61 Å². The second kappa shape index (κ2) is 4.28. The Kier molecular flexibility index (Phi) is 2.43. The molecule has 0 amide bonds.